The highest BCUT2D eigenvalue weighted by atomic mass is 16.5. The average Bonchev–Trinajstić information content (AvgIpc) is 3.40. The molecule has 6 aromatic carbocycles. The zero-order valence-electron chi connectivity index (χ0n) is 24.8. The van der Waals surface area contributed by atoms with Crippen molar-refractivity contribution in [2.24, 2.45) is 0 Å². The van der Waals surface area contributed by atoms with Crippen molar-refractivity contribution in [3.8, 4) is 73.5 Å². The molecule has 0 radical (unpaired) electrons. The number of nitrogens with zero attached hydrogens (tertiary/aromatic N) is 3. The minimum atomic E-state index is 0.601. The van der Waals surface area contributed by atoms with Crippen LogP contribution in [0.5, 0.6) is 11.5 Å². The molecule has 46 heavy (non-hydrogen) atoms. The number of fused-ring (bicyclic) bond motifs is 7. The van der Waals surface area contributed by atoms with Gasteiger partial charge in [-0.05, 0) is 29.8 Å². The van der Waals surface area contributed by atoms with Gasteiger partial charge < -0.3 is 4.74 Å². The zero-order valence-corrected chi connectivity index (χ0v) is 24.8. The van der Waals surface area contributed by atoms with Gasteiger partial charge in [-0.2, -0.15) is 0 Å². The van der Waals surface area contributed by atoms with Gasteiger partial charge in [-0.25, -0.2) is 9.97 Å². The van der Waals surface area contributed by atoms with Gasteiger partial charge >= 0.3 is 0 Å². The minimum Gasteiger partial charge on any atom is -0.456 e. The van der Waals surface area contributed by atoms with Crippen LogP contribution in [0.3, 0.4) is 0 Å². The van der Waals surface area contributed by atoms with Gasteiger partial charge in [0, 0.05) is 38.8 Å². The second-order valence-corrected chi connectivity index (χ2v) is 11.4. The number of para-hydroxylation sites is 3. The maximum Gasteiger partial charge on any atom is 0.235 e. The van der Waals surface area contributed by atoms with Crippen LogP contribution in [0.4, 0.5) is 0 Å². The Morgan fingerprint density at radius 2 is 0.935 bits per heavy atom. The first-order chi connectivity index (χ1) is 22.8. The molecule has 0 atom stereocenters. The summed E-state index contributed by atoms with van der Waals surface area (Å²) in [5.74, 6) is 2.22. The summed E-state index contributed by atoms with van der Waals surface area (Å²) >= 11 is 0. The Bertz CT molecular complexity index is 2320. The maximum absolute atomic E-state index is 6.63. The summed E-state index contributed by atoms with van der Waals surface area (Å²) in [4.78, 5) is 10.7. The van der Waals surface area contributed by atoms with Gasteiger partial charge in [0.1, 0.15) is 11.5 Å². The van der Waals surface area contributed by atoms with Crippen LogP contribution in [-0.4, -0.2) is 14.5 Å². The Kier molecular flexibility index (Phi) is 6.10. The van der Waals surface area contributed by atoms with Crippen molar-refractivity contribution in [3.05, 3.63) is 164 Å². The topological polar surface area (TPSA) is 39.9 Å². The summed E-state index contributed by atoms with van der Waals surface area (Å²) < 4.78 is 8.89. The van der Waals surface area contributed by atoms with E-state index in [4.69, 9.17) is 14.7 Å². The fraction of sp³-hybridized carbons (Fsp3) is 0. The predicted molar refractivity (Wildman–Crippen MR) is 186 cm³/mol. The first kappa shape index (κ1) is 26.2. The molecule has 2 aromatic heterocycles. The third kappa shape index (κ3) is 4.23. The molecule has 0 spiro atoms. The van der Waals surface area contributed by atoms with Gasteiger partial charge in [-0.15, -0.1) is 0 Å². The summed E-state index contributed by atoms with van der Waals surface area (Å²) in [6.07, 6.45) is 0. The lowest BCUT2D eigenvalue weighted by molar-refractivity contribution is 0.487. The van der Waals surface area contributed by atoms with E-state index in [-0.39, 0.29) is 0 Å². The molecule has 3 heterocycles. The number of benzene rings is 6. The van der Waals surface area contributed by atoms with Crippen LogP contribution >= 0.6 is 0 Å². The summed E-state index contributed by atoms with van der Waals surface area (Å²) in [6.45, 7) is 0. The first-order valence-corrected chi connectivity index (χ1v) is 15.4. The molecule has 0 saturated heterocycles. The molecule has 8 aromatic rings. The van der Waals surface area contributed by atoms with Gasteiger partial charge in [0.25, 0.3) is 0 Å². The Labute approximate surface area is 266 Å². The van der Waals surface area contributed by atoms with Crippen LogP contribution in [-0.2, 0) is 0 Å². The Morgan fingerprint density at radius 1 is 0.435 bits per heavy atom. The molecule has 0 N–H and O–H groups in total. The van der Waals surface area contributed by atoms with E-state index in [1.54, 1.807) is 0 Å². The summed E-state index contributed by atoms with van der Waals surface area (Å²) in [5, 5.41) is 1.11. The number of aromatic nitrogens is 3. The largest absolute Gasteiger partial charge is 0.456 e. The lowest BCUT2D eigenvalue weighted by Crippen LogP contribution is -2.06. The maximum atomic E-state index is 6.63. The third-order valence-electron chi connectivity index (χ3n) is 8.65. The van der Waals surface area contributed by atoms with Crippen molar-refractivity contribution in [3.63, 3.8) is 0 Å². The number of hydrogen-bond acceptors (Lipinski definition) is 3. The van der Waals surface area contributed by atoms with Crippen molar-refractivity contribution >= 4 is 10.9 Å². The van der Waals surface area contributed by atoms with Crippen LogP contribution in [0.15, 0.2) is 164 Å². The molecule has 4 heteroatoms. The molecular formula is C42H27N3O. The molecule has 1 aliphatic rings. The van der Waals surface area contributed by atoms with E-state index in [2.05, 4.69) is 132 Å². The van der Waals surface area contributed by atoms with E-state index in [0.717, 1.165) is 78.4 Å². The van der Waals surface area contributed by atoms with E-state index >= 15 is 0 Å². The summed E-state index contributed by atoms with van der Waals surface area (Å²) in [5.41, 5.74) is 11.2. The molecule has 9 rings (SSSR count). The normalized spacial score (nSPS) is 11.7. The molecule has 216 valence electrons. The highest BCUT2D eigenvalue weighted by Gasteiger charge is 2.30. The number of ether oxygens (including phenoxy) is 1. The molecule has 1 aliphatic heterocycles. The molecule has 0 unspecified atom stereocenters. The molecule has 0 amide bonds. The van der Waals surface area contributed by atoms with Gasteiger partial charge in [0.2, 0.25) is 5.95 Å². The molecule has 0 fully saturated rings. The van der Waals surface area contributed by atoms with Gasteiger partial charge in [-0.3, -0.25) is 4.57 Å². The summed E-state index contributed by atoms with van der Waals surface area (Å²) in [7, 11) is 0. The van der Waals surface area contributed by atoms with E-state index in [1.807, 2.05) is 36.4 Å². The fourth-order valence-corrected chi connectivity index (χ4v) is 6.60. The monoisotopic (exact) mass is 589 g/mol. The van der Waals surface area contributed by atoms with Crippen molar-refractivity contribution in [1.82, 2.24) is 14.5 Å². The van der Waals surface area contributed by atoms with Crippen LogP contribution in [0.2, 0.25) is 0 Å². The fourth-order valence-electron chi connectivity index (χ4n) is 6.60. The molecule has 0 aliphatic carbocycles. The Hall–Kier alpha value is -6.26. The molecular weight excluding hydrogens is 562 g/mol. The van der Waals surface area contributed by atoms with Gasteiger partial charge in [-0.1, -0.05) is 140 Å². The molecule has 0 saturated carbocycles. The van der Waals surface area contributed by atoms with E-state index in [1.165, 1.54) is 0 Å². The van der Waals surface area contributed by atoms with Crippen molar-refractivity contribution in [1.29, 1.82) is 0 Å². The number of hydrogen-bond donors (Lipinski definition) is 0. The van der Waals surface area contributed by atoms with Gasteiger partial charge in [0.15, 0.2) is 0 Å². The van der Waals surface area contributed by atoms with E-state index < -0.39 is 0 Å². The minimum absolute atomic E-state index is 0.601. The summed E-state index contributed by atoms with van der Waals surface area (Å²) in [6, 6.07) is 56.4. The Balaban J connectivity index is 1.48. The quantitative estimate of drug-likeness (QED) is 0.205. The molecule has 4 nitrogen and oxygen atoms in total. The van der Waals surface area contributed by atoms with Crippen LogP contribution in [0, 0.1) is 0 Å². The highest BCUT2D eigenvalue weighted by molar-refractivity contribution is 6.12. The average molecular weight is 590 g/mol. The predicted octanol–water partition coefficient (Wildman–Crippen LogP) is 10.9. The highest BCUT2D eigenvalue weighted by Crippen LogP contribution is 2.52. The number of rotatable bonds is 4. The smallest absolute Gasteiger partial charge is 0.235 e. The van der Waals surface area contributed by atoms with Crippen molar-refractivity contribution < 1.29 is 4.74 Å². The lowest BCUT2D eigenvalue weighted by Gasteiger charge is -2.16. The lowest BCUT2D eigenvalue weighted by atomic mass is 9.96. The SMILES string of the molecule is c1ccc(-c2cc(-c3ccccc3)nc(-n3c4c(c5cccc(-c6ccccc6)c53)-c3ccccc3Oc3ccccc3-4)n2)cc1. The van der Waals surface area contributed by atoms with Gasteiger partial charge in [0.05, 0.1) is 22.6 Å². The van der Waals surface area contributed by atoms with Crippen molar-refractivity contribution in [2.75, 3.05) is 0 Å². The van der Waals surface area contributed by atoms with Crippen LogP contribution < -0.4 is 4.74 Å². The van der Waals surface area contributed by atoms with E-state index in [9.17, 15) is 0 Å². The first-order valence-electron chi connectivity index (χ1n) is 15.4. The van der Waals surface area contributed by atoms with Crippen LogP contribution in [0.25, 0.3) is 72.9 Å². The molecule has 0 bridgehead atoms. The second kappa shape index (κ2) is 10.7. The van der Waals surface area contributed by atoms with E-state index in [0.29, 0.717) is 5.95 Å². The second-order valence-electron chi connectivity index (χ2n) is 11.4. The van der Waals surface area contributed by atoms with Crippen LogP contribution in [0.1, 0.15) is 0 Å². The zero-order chi connectivity index (χ0) is 30.5. The Morgan fingerprint density at radius 3 is 1.57 bits per heavy atom. The van der Waals surface area contributed by atoms with Crippen molar-refractivity contribution in [2.45, 2.75) is 0 Å². The standard InChI is InChI=1S/C42H27N3O/c1-4-15-28(16-5-1)31-23-14-24-34-39-32-21-10-12-25-37(32)46-38-26-13-11-22-33(38)41(39)45(40(31)34)42-43-35(29-17-6-2-7-18-29)27-36(44-42)30-19-8-3-9-20-30/h1-27H. The third-order valence-corrected chi connectivity index (χ3v) is 8.65.